The van der Waals surface area contributed by atoms with Crippen LogP contribution in [-0.2, 0) is 6.42 Å². The molecule has 7 heteroatoms. The number of hydrogen-bond acceptors (Lipinski definition) is 4. The number of aliphatic hydroxyl groups is 1. The maximum Gasteiger partial charge on any atom is 0.275 e. The average Bonchev–Trinajstić information content (AvgIpc) is 3.43. The molecule has 1 aliphatic heterocycles. The number of hydrogen-bond donors (Lipinski definition) is 2. The molecular weight excluding hydrogens is 532 g/mol. The Balaban J connectivity index is 0.00000337. The Morgan fingerprint density at radius 2 is 1.56 bits per heavy atom. The smallest absolute Gasteiger partial charge is 0.275 e. The van der Waals surface area contributed by atoms with Gasteiger partial charge in [-0.2, -0.15) is 0 Å². The van der Waals surface area contributed by atoms with Crippen LogP contribution < -0.4 is 5.32 Å². The van der Waals surface area contributed by atoms with E-state index in [9.17, 15) is 9.90 Å². The first-order valence-electron chi connectivity index (χ1n) is 14.6. The first-order valence-corrected chi connectivity index (χ1v) is 14.6. The molecule has 0 spiro atoms. The molecule has 1 aliphatic carbocycles. The summed E-state index contributed by atoms with van der Waals surface area (Å²) in [6.07, 6.45) is 7.13. The second-order valence-electron chi connectivity index (χ2n) is 11.2. The molecular formula is C34H39ClN4O2. The Morgan fingerprint density at radius 3 is 2.24 bits per heavy atom. The number of carbonyl (C=O) groups is 1. The first kappa shape index (κ1) is 29.1. The standard InChI is InChI=1S/C34H38N4O2.ClH/c39-33(37-22-21-35-24-29(37)23-26-13-5-1-6-14-26)30-31(27-15-7-2-8-16-27)38(25-36-30)32(28-17-9-3-10-18-28)34(40)19-11-4-12-20-34;/h1-3,5-10,13-18,25,29,32,35,40H,4,11-12,19-24H2;1H/t29-,32+;/m1./s1. The summed E-state index contributed by atoms with van der Waals surface area (Å²) in [7, 11) is 0. The second kappa shape index (κ2) is 13.0. The van der Waals surface area contributed by atoms with E-state index in [0.29, 0.717) is 12.2 Å². The van der Waals surface area contributed by atoms with E-state index in [1.54, 1.807) is 6.33 Å². The SMILES string of the molecule is Cl.O=C(c1ncn([C@@H](c2ccccc2)C2(O)CCCCC2)c1-c1ccccc1)N1CCNC[C@H]1Cc1ccccc1. The molecule has 2 heterocycles. The van der Waals surface area contributed by atoms with Gasteiger partial charge < -0.3 is 19.9 Å². The summed E-state index contributed by atoms with van der Waals surface area (Å²) in [5.41, 5.74) is 3.48. The van der Waals surface area contributed by atoms with Gasteiger partial charge in [0, 0.05) is 31.2 Å². The van der Waals surface area contributed by atoms with Crippen molar-refractivity contribution < 1.29 is 9.90 Å². The summed E-state index contributed by atoms with van der Waals surface area (Å²) in [6, 6.07) is 30.3. The predicted octanol–water partition coefficient (Wildman–Crippen LogP) is 5.91. The van der Waals surface area contributed by atoms with Crippen molar-refractivity contribution in [2.45, 2.75) is 56.2 Å². The largest absolute Gasteiger partial charge is 0.387 e. The Morgan fingerprint density at radius 1 is 0.927 bits per heavy atom. The monoisotopic (exact) mass is 570 g/mol. The third kappa shape index (κ3) is 6.10. The van der Waals surface area contributed by atoms with Gasteiger partial charge in [-0.25, -0.2) is 4.98 Å². The zero-order chi connectivity index (χ0) is 27.4. The Labute approximate surface area is 248 Å². The predicted molar refractivity (Wildman–Crippen MR) is 165 cm³/mol. The molecule has 6 nitrogen and oxygen atoms in total. The van der Waals surface area contributed by atoms with E-state index in [1.165, 1.54) is 5.56 Å². The molecule has 2 fully saturated rings. The van der Waals surface area contributed by atoms with Crippen molar-refractivity contribution in [3.63, 3.8) is 0 Å². The van der Waals surface area contributed by atoms with Crippen molar-refractivity contribution in [3.8, 4) is 11.3 Å². The summed E-state index contributed by atoms with van der Waals surface area (Å²) in [6.45, 7) is 2.13. The van der Waals surface area contributed by atoms with Gasteiger partial charge in [-0.3, -0.25) is 4.79 Å². The number of piperazine rings is 1. The highest BCUT2D eigenvalue weighted by molar-refractivity contribution is 5.98. The van der Waals surface area contributed by atoms with Crippen molar-refractivity contribution in [1.82, 2.24) is 19.8 Å². The zero-order valence-electron chi connectivity index (χ0n) is 23.4. The molecule has 3 aromatic carbocycles. The number of benzene rings is 3. The molecule has 214 valence electrons. The highest BCUT2D eigenvalue weighted by Gasteiger charge is 2.42. The molecule has 0 radical (unpaired) electrons. The lowest BCUT2D eigenvalue weighted by Crippen LogP contribution is -2.54. The number of nitrogens with zero attached hydrogens (tertiary/aromatic N) is 3. The quantitative estimate of drug-likeness (QED) is 0.290. The van der Waals surface area contributed by atoms with Gasteiger partial charge in [-0.05, 0) is 30.4 Å². The van der Waals surface area contributed by atoms with E-state index in [0.717, 1.165) is 68.4 Å². The lowest BCUT2D eigenvalue weighted by Gasteiger charge is -2.41. The minimum atomic E-state index is -0.922. The maximum absolute atomic E-state index is 14.4. The molecule has 0 unspecified atom stereocenters. The zero-order valence-corrected chi connectivity index (χ0v) is 24.2. The number of aromatic nitrogens is 2. The van der Waals surface area contributed by atoms with Crippen molar-refractivity contribution in [1.29, 1.82) is 0 Å². The summed E-state index contributed by atoms with van der Waals surface area (Å²) in [5.74, 6) is -0.0533. The van der Waals surface area contributed by atoms with E-state index in [1.807, 2.05) is 71.6 Å². The van der Waals surface area contributed by atoms with E-state index in [4.69, 9.17) is 4.98 Å². The fourth-order valence-electron chi connectivity index (χ4n) is 6.63. The van der Waals surface area contributed by atoms with Crippen LogP contribution in [0.25, 0.3) is 11.3 Å². The minimum Gasteiger partial charge on any atom is -0.387 e. The van der Waals surface area contributed by atoms with Gasteiger partial charge in [0.15, 0.2) is 5.69 Å². The van der Waals surface area contributed by atoms with Gasteiger partial charge in [0.25, 0.3) is 5.91 Å². The molecule has 1 amide bonds. The molecule has 0 bridgehead atoms. The molecule has 2 aliphatic rings. The molecule has 2 N–H and O–H groups in total. The summed E-state index contributed by atoms with van der Waals surface area (Å²) in [4.78, 5) is 21.2. The van der Waals surface area contributed by atoms with Gasteiger partial charge >= 0.3 is 0 Å². The number of amides is 1. The number of imidazole rings is 1. The number of rotatable bonds is 7. The van der Waals surface area contributed by atoms with Gasteiger partial charge in [0.2, 0.25) is 0 Å². The van der Waals surface area contributed by atoms with Gasteiger partial charge in [-0.15, -0.1) is 12.4 Å². The molecule has 1 aromatic heterocycles. The summed E-state index contributed by atoms with van der Waals surface area (Å²) >= 11 is 0. The lowest BCUT2D eigenvalue weighted by atomic mass is 9.76. The molecule has 6 rings (SSSR count). The van der Waals surface area contributed by atoms with E-state index in [2.05, 4.69) is 34.1 Å². The molecule has 1 saturated carbocycles. The number of halogens is 1. The average molecular weight is 571 g/mol. The van der Waals surface area contributed by atoms with Crippen LogP contribution in [0.3, 0.4) is 0 Å². The van der Waals surface area contributed by atoms with E-state index < -0.39 is 5.60 Å². The fourth-order valence-corrected chi connectivity index (χ4v) is 6.63. The lowest BCUT2D eigenvalue weighted by molar-refractivity contribution is -0.0299. The molecule has 1 saturated heterocycles. The summed E-state index contributed by atoms with van der Waals surface area (Å²) < 4.78 is 2.08. The van der Waals surface area contributed by atoms with Crippen LogP contribution in [0.2, 0.25) is 0 Å². The number of nitrogens with one attached hydrogen (secondary N) is 1. The van der Waals surface area contributed by atoms with Crippen molar-refractivity contribution in [2.75, 3.05) is 19.6 Å². The normalized spacial score (nSPS) is 19.2. The van der Waals surface area contributed by atoms with Gasteiger partial charge in [0.1, 0.15) is 0 Å². The van der Waals surface area contributed by atoms with Gasteiger partial charge in [-0.1, -0.05) is 110 Å². The van der Waals surface area contributed by atoms with Crippen LogP contribution in [0.4, 0.5) is 0 Å². The van der Waals surface area contributed by atoms with Crippen LogP contribution in [-0.4, -0.2) is 56.7 Å². The topological polar surface area (TPSA) is 70.4 Å². The van der Waals surface area contributed by atoms with E-state index >= 15 is 0 Å². The van der Waals surface area contributed by atoms with Crippen molar-refractivity contribution in [2.24, 2.45) is 0 Å². The molecule has 4 aromatic rings. The van der Waals surface area contributed by atoms with Crippen molar-refractivity contribution >= 4 is 18.3 Å². The van der Waals surface area contributed by atoms with Crippen LogP contribution in [0.5, 0.6) is 0 Å². The van der Waals surface area contributed by atoms with Crippen LogP contribution in [0.1, 0.15) is 59.8 Å². The van der Waals surface area contributed by atoms with Crippen molar-refractivity contribution in [3.05, 3.63) is 114 Å². The Bertz CT molecular complexity index is 1400. The first-order chi connectivity index (χ1) is 19.6. The maximum atomic E-state index is 14.4. The summed E-state index contributed by atoms with van der Waals surface area (Å²) in [5, 5.41) is 15.6. The Hall–Kier alpha value is -3.45. The minimum absolute atomic E-state index is 0. The molecule has 41 heavy (non-hydrogen) atoms. The fraction of sp³-hybridized carbons (Fsp3) is 0.353. The highest BCUT2D eigenvalue weighted by atomic mass is 35.5. The Kier molecular flexibility index (Phi) is 9.23. The van der Waals surface area contributed by atoms with E-state index in [-0.39, 0.29) is 30.4 Å². The highest BCUT2D eigenvalue weighted by Crippen LogP contribution is 2.43. The van der Waals surface area contributed by atoms with Crippen LogP contribution >= 0.6 is 12.4 Å². The number of carbonyl (C=O) groups excluding carboxylic acids is 1. The second-order valence-corrected chi connectivity index (χ2v) is 11.2. The third-order valence-corrected chi connectivity index (χ3v) is 8.59. The third-order valence-electron chi connectivity index (χ3n) is 8.59. The van der Waals surface area contributed by atoms with Crippen LogP contribution in [0.15, 0.2) is 97.3 Å². The van der Waals surface area contributed by atoms with Crippen LogP contribution in [0, 0.1) is 0 Å². The molecule has 2 atom stereocenters. The van der Waals surface area contributed by atoms with Gasteiger partial charge in [0.05, 0.1) is 23.7 Å².